The van der Waals surface area contributed by atoms with E-state index in [1.54, 1.807) is 18.3 Å². The lowest BCUT2D eigenvalue weighted by atomic mass is 10.2. The molecule has 1 fully saturated rings. The number of benzene rings is 2. The van der Waals surface area contributed by atoms with E-state index in [0.29, 0.717) is 18.6 Å². The summed E-state index contributed by atoms with van der Waals surface area (Å²) in [6.45, 7) is 5.61. The number of aromatic nitrogens is 3. The zero-order chi connectivity index (χ0) is 24.4. The summed E-state index contributed by atoms with van der Waals surface area (Å²) >= 11 is 0. The van der Waals surface area contributed by atoms with Crippen molar-refractivity contribution in [2.75, 3.05) is 46.3 Å². The standard InChI is InChI=1S/C26H29FN6O2/c1-30-12-14-31(15-13-30)11-10-28-24(34)18-33-26(35)25-22(16-29-33)21-4-2-3-5-23(21)32(25)17-19-6-8-20(27)9-7-19/h2-9,16H,10-15,17-18H2,1H3,(H,28,34). The van der Waals surface area contributed by atoms with Crippen molar-refractivity contribution in [2.24, 2.45) is 0 Å². The second-order valence-electron chi connectivity index (χ2n) is 9.09. The van der Waals surface area contributed by atoms with Crippen molar-refractivity contribution in [3.8, 4) is 0 Å². The van der Waals surface area contributed by atoms with Gasteiger partial charge in [0.05, 0.1) is 6.20 Å². The molecule has 5 rings (SSSR count). The molecule has 0 radical (unpaired) electrons. The molecule has 35 heavy (non-hydrogen) atoms. The van der Waals surface area contributed by atoms with Crippen LogP contribution in [0.15, 0.2) is 59.5 Å². The van der Waals surface area contributed by atoms with Crippen LogP contribution >= 0.6 is 0 Å². The molecule has 0 bridgehead atoms. The lowest BCUT2D eigenvalue weighted by Gasteiger charge is -2.32. The quantitative estimate of drug-likeness (QED) is 0.441. The Bertz CT molecular complexity index is 1400. The summed E-state index contributed by atoms with van der Waals surface area (Å²) in [4.78, 5) is 30.7. The Kier molecular flexibility index (Phi) is 6.61. The molecule has 2 aromatic carbocycles. The highest BCUT2D eigenvalue weighted by Crippen LogP contribution is 2.27. The van der Waals surface area contributed by atoms with E-state index in [2.05, 4.69) is 27.3 Å². The maximum Gasteiger partial charge on any atom is 0.291 e. The normalized spacial score (nSPS) is 15.1. The van der Waals surface area contributed by atoms with Crippen molar-refractivity contribution in [1.82, 2.24) is 29.5 Å². The minimum Gasteiger partial charge on any atom is -0.353 e. The Morgan fingerprint density at radius 2 is 1.77 bits per heavy atom. The number of halogens is 1. The number of hydrogen-bond acceptors (Lipinski definition) is 5. The van der Waals surface area contributed by atoms with Gasteiger partial charge >= 0.3 is 0 Å². The number of nitrogens with zero attached hydrogens (tertiary/aromatic N) is 5. The van der Waals surface area contributed by atoms with Gasteiger partial charge in [0.2, 0.25) is 5.91 Å². The molecule has 1 aliphatic rings. The Morgan fingerprint density at radius 3 is 2.54 bits per heavy atom. The fourth-order valence-corrected chi connectivity index (χ4v) is 4.66. The first kappa shape index (κ1) is 23.2. The van der Waals surface area contributed by atoms with E-state index in [4.69, 9.17) is 0 Å². The highest BCUT2D eigenvalue weighted by atomic mass is 19.1. The zero-order valence-corrected chi connectivity index (χ0v) is 19.8. The van der Waals surface area contributed by atoms with Gasteiger partial charge in [0.25, 0.3) is 5.56 Å². The number of carbonyl (C=O) groups excluding carboxylic acids is 1. The van der Waals surface area contributed by atoms with Crippen LogP contribution in [-0.2, 0) is 17.9 Å². The second-order valence-corrected chi connectivity index (χ2v) is 9.09. The molecule has 8 nitrogen and oxygen atoms in total. The van der Waals surface area contributed by atoms with E-state index in [0.717, 1.165) is 54.6 Å². The van der Waals surface area contributed by atoms with Gasteiger partial charge in [-0.1, -0.05) is 30.3 Å². The Hall–Kier alpha value is -3.56. The van der Waals surface area contributed by atoms with E-state index in [9.17, 15) is 14.0 Å². The summed E-state index contributed by atoms with van der Waals surface area (Å²) in [5.74, 6) is -0.546. The number of piperazine rings is 1. The third-order valence-electron chi connectivity index (χ3n) is 6.67. The van der Waals surface area contributed by atoms with E-state index in [1.807, 2.05) is 28.8 Å². The molecule has 0 atom stereocenters. The van der Waals surface area contributed by atoms with Crippen molar-refractivity contribution in [2.45, 2.75) is 13.1 Å². The minimum absolute atomic E-state index is 0.143. The molecule has 182 valence electrons. The molecule has 9 heteroatoms. The first-order chi connectivity index (χ1) is 17.0. The molecular weight excluding hydrogens is 447 g/mol. The van der Waals surface area contributed by atoms with Crippen LogP contribution in [0.2, 0.25) is 0 Å². The maximum absolute atomic E-state index is 13.5. The summed E-state index contributed by atoms with van der Waals surface area (Å²) in [5.41, 5.74) is 1.92. The van der Waals surface area contributed by atoms with E-state index in [1.165, 1.54) is 16.8 Å². The number of para-hydroxylation sites is 1. The van der Waals surface area contributed by atoms with Crippen molar-refractivity contribution in [3.63, 3.8) is 0 Å². The van der Waals surface area contributed by atoms with Gasteiger partial charge in [-0.05, 0) is 30.8 Å². The number of likely N-dealkylation sites (N-methyl/N-ethyl adjacent to an activating group) is 1. The highest BCUT2D eigenvalue weighted by molar-refractivity contribution is 6.07. The predicted molar refractivity (Wildman–Crippen MR) is 134 cm³/mol. The number of rotatable bonds is 7. The third-order valence-corrected chi connectivity index (χ3v) is 6.67. The Morgan fingerprint density at radius 1 is 1.03 bits per heavy atom. The van der Waals surface area contributed by atoms with Gasteiger partial charge in [0, 0.05) is 62.1 Å². The molecule has 4 aromatic rings. The number of amides is 1. The van der Waals surface area contributed by atoms with Gasteiger partial charge < -0.3 is 14.8 Å². The van der Waals surface area contributed by atoms with Crippen LogP contribution in [0.1, 0.15) is 5.56 Å². The highest BCUT2D eigenvalue weighted by Gasteiger charge is 2.18. The molecule has 1 amide bonds. The van der Waals surface area contributed by atoms with E-state index >= 15 is 0 Å². The molecule has 0 unspecified atom stereocenters. The fraction of sp³-hybridized carbons (Fsp3) is 0.346. The van der Waals surface area contributed by atoms with Gasteiger partial charge in [-0.2, -0.15) is 5.10 Å². The molecule has 2 aromatic heterocycles. The van der Waals surface area contributed by atoms with E-state index < -0.39 is 0 Å². The topological polar surface area (TPSA) is 75.4 Å². The Balaban J connectivity index is 1.37. The average Bonchev–Trinajstić information content (AvgIpc) is 3.18. The monoisotopic (exact) mass is 476 g/mol. The van der Waals surface area contributed by atoms with Crippen LogP contribution in [-0.4, -0.2) is 76.4 Å². The zero-order valence-electron chi connectivity index (χ0n) is 19.8. The molecule has 0 saturated carbocycles. The largest absolute Gasteiger partial charge is 0.353 e. The van der Waals surface area contributed by atoms with Crippen LogP contribution in [0, 0.1) is 5.82 Å². The van der Waals surface area contributed by atoms with Crippen molar-refractivity contribution < 1.29 is 9.18 Å². The number of hydrogen-bond donors (Lipinski definition) is 1. The van der Waals surface area contributed by atoms with Crippen molar-refractivity contribution in [3.05, 3.63) is 76.5 Å². The lowest BCUT2D eigenvalue weighted by molar-refractivity contribution is -0.122. The fourth-order valence-electron chi connectivity index (χ4n) is 4.66. The van der Waals surface area contributed by atoms with Gasteiger partial charge in [-0.15, -0.1) is 0 Å². The van der Waals surface area contributed by atoms with Gasteiger partial charge in [0.1, 0.15) is 17.9 Å². The van der Waals surface area contributed by atoms with Gasteiger partial charge in [0.15, 0.2) is 0 Å². The molecular formula is C26H29FN6O2. The molecule has 3 heterocycles. The molecule has 1 aliphatic heterocycles. The number of nitrogens with one attached hydrogen (secondary N) is 1. The SMILES string of the molecule is CN1CCN(CCNC(=O)Cn2ncc3c4ccccc4n(Cc4ccc(F)cc4)c3c2=O)CC1. The van der Waals surface area contributed by atoms with E-state index in [-0.39, 0.29) is 23.8 Å². The van der Waals surface area contributed by atoms with Crippen LogP contribution in [0.3, 0.4) is 0 Å². The average molecular weight is 477 g/mol. The number of fused-ring (bicyclic) bond motifs is 3. The first-order valence-electron chi connectivity index (χ1n) is 11.9. The summed E-state index contributed by atoms with van der Waals surface area (Å²) in [5, 5.41) is 8.86. The minimum atomic E-state index is -0.324. The Labute approximate surface area is 202 Å². The third kappa shape index (κ3) is 4.96. The van der Waals surface area contributed by atoms with Gasteiger partial charge in [-0.3, -0.25) is 14.5 Å². The van der Waals surface area contributed by atoms with Crippen LogP contribution in [0.5, 0.6) is 0 Å². The van der Waals surface area contributed by atoms with Crippen LogP contribution in [0.4, 0.5) is 4.39 Å². The maximum atomic E-state index is 13.5. The predicted octanol–water partition coefficient (Wildman–Crippen LogP) is 1.90. The molecule has 0 spiro atoms. The second kappa shape index (κ2) is 9.97. The summed E-state index contributed by atoms with van der Waals surface area (Å²) in [6, 6.07) is 14.0. The summed E-state index contributed by atoms with van der Waals surface area (Å²) < 4.78 is 16.5. The van der Waals surface area contributed by atoms with Crippen LogP contribution in [0.25, 0.3) is 21.8 Å². The summed E-state index contributed by atoms with van der Waals surface area (Å²) in [7, 11) is 2.11. The van der Waals surface area contributed by atoms with Crippen molar-refractivity contribution >= 4 is 27.7 Å². The number of carbonyl (C=O) groups is 1. The first-order valence-corrected chi connectivity index (χ1v) is 11.9. The van der Waals surface area contributed by atoms with Crippen LogP contribution < -0.4 is 10.9 Å². The molecule has 1 saturated heterocycles. The molecule has 0 aliphatic carbocycles. The van der Waals surface area contributed by atoms with Crippen molar-refractivity contribution in [1.29, 1.82) is 0 Å². The molecule has 1 N–H and O–H groups in total. The smallest absolute Gasteiger partial charge is 0.291 e. The summed E-state index contributed by atoms with van der Waals surface area (Å²) in [6.07, 6.45) is 1.65. The van der Waals surface area contributed by atoms with Gasteiger partial charge in [-0.25, -0.2) is 9.07 Å². The lowest BCUT2D eigenvalue weighted by Crippen LogP contribution is -2.47.